The van der Waals surface area contributed by atoms with Gasteiger partial charge in [0.15, 0.2) is 0 Å². The van der Waals surface area contributed by atoms with Gasteiger partial charge in [0, 0.05) is 17.7 Å². The number of hydrogen-bond acceptors (Lipinski definition) is 4. The molecule has 0 bridgehead atoms. The van der Waals surface area contributed by atoms with Crippen LogP contribution in [0.1, 0.15) is 15.9 Å². The lowest BCUT2D eigenvalue weighted by atomic mass is 10.1. The van der Waals surface area contributed by atoms with E-state index < -0.39 is 5.97 Å². The Morgan fingerprint density at radius 2 is 1.84 bits per heavy atom. The Labute approximate surface area is 110 Å². The van der Waals surface area contributed by atoms with Crippen LogP contribution < -0.4 is 9.47 Å². The first-order valence-corrected chi connectivity index (χ1v) is 5.63. The van der Waals surface area contributed by atoms with Crippen molar-refractivity contribution in [2.75, 3.05) is 7.11 Å². The number of ether oxygens (including phenoxy) is 2. The van der Waals surface area contributed by atoms with Gasteiger partial charge in [-0.15, -0.1) is 0 Å². The lowest BCUT2D eigenvalue weighted by Crippen LogP contribution is -2.01. The van der Waals surface area contributed by atoms with Crippen molar-refractivity contribution in [1.82, 2.24) is 4.98 Å². The summed E-state index contributed by atoms with van der Waals surface area (Å²) in [4.78, 5) is 15.1. The Balaban J connectivity index is 2.33. The van der Waals surface area contributed by atoms with E-state index in [0.717, 1.165) is 0 Å². The second-order valence-corrected chi connectivity index (χ2v) is 3.85. The van der Waals surface area contributed by atoms with Crippen LogP contribution in [-0.2, 0) is 0 Å². The molecule has 0 unspecified atom stereocenters. The fourth-order valence-electron chi connectivity index (χ4n) is 1.64. The first-order valence-electron chi connectivity index (χ1n) is 5.63. The van der Waals surface area contributed by atoms with Crippen molar-refractivity contribution < 1.29 is 19.4 Å². The number of aromatic carboxylic acids is 1. The maximum absolute atomic E-state index is 11.0. The van der Waals surface area contributed by atoms with Crippen molar-refractivity contribution in [3.8, 4) is 17.5 Å². The van der Waals surface area contributed by atoms with E-state index in [9.17, 15) is 4.79 Å². The molecule has 1 heterocycles. The van der Waals surface area contributed by atoms with Crippen LogP contribution in [-0.4, -0.2) is 23.2 Å². The molecule has 0 aliphatic rings. The van der Waals surface area contributed by atoms with Gasteiger partial charge in [0.1, 0.15) is 5.75 Å². The standard InChI is InChI=1S/C14H13NO4/c1-9-10(14(16)17)5-3-6-11(9)19-13-8-4-7-12(15-13)18-2/h3-8H,1-2H3,(H,16,17). The number of aromatic nitrogens is 1. The van der Waals surface area contributed by atoms with Crippen LogP contribution in [0.15, 0.2) is 36.4 Å². The monoisotopic (exact) mass is 259 g/mol. The van der Waals surface area contributed by atoms with E-state index in [1.54, 1.807) is 37.3 Å². The van der Waals surface area contributed by atoms with Gasteiger partial charge in [-0.3, -0.25) is 0 Å². The minimum Gasteiger partial charge on any atom is -0.481 e. The van der Waals surface area contributed by atoms with Gasteiger partial charge in [0.05, 0.1) is 12.7 Å². The van der Waals surface area contributed by atoms with E-state index in [-0.39, 0.29) is 5.56 Å². The van der Waals surface area contributed by atoms with Gasteiger partial charge in [-0.1, -0.05) is 12.1 Å². The highest BCUT2D eigenvalue weighted by Crippen LogP contribution is 2.26. The minimum atomic E-state index is -0.985. The molecule has 0 amide bonds. The Hall–Kier alpha value is -2.56. The highest BCUT2D eigenvalue weighted by atomic mass is 16.5. The number of pyridine rings is 1. The van der Waals surface area contributed by atoms with Gasteiger partial charge >= 0.3 is 5.97 Å². The number of carboxylic acid groups (broad SMARTS) is 1. The quantitative estimate of drug-likeness (QED) is 0.914. The molecule has 0 saturated carbocycles. The molecule has 1 N–H and O–H groups in total. The molecule has 0 aliphatic carbocycles. The van der Waals surface area contributed by atoms with Crippen LogP contribution >= 0.6 is 0 Å². The van der Waals surface area contributed by atoms with Gasteiger partial charge in [0.25, 0.3) is 0 Å². The molecule has 0 saturated heterocycles. The van der Waals surface area contributed by atoms with Crippen LogP contribution in [0.4, 0.5) is 0 Å². The molecule has 0 atom stereocenters. The van der Waals surface area contributed by atoms with E-state index in [1.807, 2.05) is 0 Å². The van der Waals surface area contributed by atoms with Gasteiger partial charge in [0.2, 0.25) is 11.8 Å². The third-order valence-electron chi connectivity index (χ3n) is 2.64. The SMILES string of the molecule is COc1cccc(Oc2cccc(C(=O)O)c2C)n1. The average Bonchev–Trinajstić information content (AvgIpc) is 2.41. The Morgan fingerprint density at radius 1 is 1.16 bits per heavy atom. The van der Waals surface area contributed by atoms with E-state index in [1.165, 1.54) is 13.2 Å². The fraction of sp³-hybridized carbons (Fsp3) is 0.143. The van der Waals surface area contributed by atoms with Crippen molar-refractivity contribution in [3.63, 3.8) is 0 Å². The normalized spacial score (nSPS) is 10.0. The molecule has 98 valence electrons. The summed E-state index contributed by atoms with van der Waals surface area (Å²) in [5.41, 5.74) is 0.764. The Bertz CT molecular complexity index is 610. The minimum absolute atomic E-state index is 0.209. The zero-order valence-corrected chi connectivity index (χ0v) is 10.6. The molecular weight excluding hydrogens is 246 g/mol. The molecule has 1 aromatic carbocycles. The lowest BCUT2D eigenvalue weighted by molar-refractivity contribution is 0.0695. The van der Waals surface area contributed by atoms with Crippen molar-refractivity contribution >= 4 is 5.97 Å². The number of carbonyl (C=O) groups is 1. The number of rotatable bonds is 4. The van der Waals surface area contributed by atoms with Crippen molar-refractivity contribution in [1.29, 1.82) is 0 Å². The first-order chi connectivity index (χ1) is 9.11. The number of methoxy groups -OCH3 is 1. The molecule has 19 heavy (non-hydrogen) atoms. The van der Waals surface area contributed by atoms with Crippen molar-refractivity contribution in [2.45, 2.75) is 6.92 Å². The van der Waals surface area contributed by atoms with Crippen LogP contribution in [0.5, 0.6) is 17.5 Å². The number of nitrogens with zero attached hydrogens (tertiary/aromatic N) is 1. The van der Waals surface area contributed by atoms with E-state index >= 15 is 0 Å². The van der Waals surface area contributed by atoms with Gasteiger partial charge < -0.3 is 14.6 Å². The number of benzene rings is 1. The summed E-state index contributed by atoms with van der Waals surface area (Å²) in [6.45, 7) is 1.69. The van der Waals surface area contributed by atoms with Crippen LogP contribution in [0.3, 0.4) is 0 Å². The zero-order valence-electron chi connectivity index (χ0n) is 10.6. The third kappa shape index (κ3) is 2.82. The second-order valence-electron chi connectivity index (χ2n) is 3.85. The predicted molar refractivity (Wildman–Crippen MR) is 69.0 cm³/mol. The van der Waals surface area contributed by atoms with Gasteiger partial charge in [-0.25, -0.2) is 4.79 Å². The summed E-state index contributed by atoms with van der Waals surface area (Å²) in [5.74, 6) is 0.261. The topological polar surface area (TPSA) is 68.7 Å². The molecule has 5 heteroatoms. The van der Waals surface area contributed by atoms with Gasteiger partial charge in [-0.05, 0) is 19.1 Å². The summed E-state index contributed by atoms with van der Waals surface area (Å²) < 4.78 is 10.6. The molecule has 0 aliphatic heterocycles. The van der Waals surface area contributed by atoms with Crippen LogP contribution in [0.2, 0.25) is 0 Å². The lowest BCUT2D eigenvalue weighted by Gasteiger charge is -2.10. The van der Waals surface area contributed by atoms with Crippen LogP contribution in [0, 0.1) is 6.92 Å². The van der Waals surface area contributed by atoms with Crippen LogP contribution in [0.25, 0.3) is 0 Å². The summed E-state index contributed by atoms with van der Waals surface area (Å²) in [6, 6.07) is 9.98. The highest BCUT2D eigenvalue weighted by Gasteiger charge is 2.12. The van der Waals surface area contributed by atoms with Crippen molar-refractivity contribution in [3.05, 3.63) is 47.5 Å². The maximum Gasteiger partial charge on any atom is 0.336 e. The summed E-state index contributed by atoms with van der Waals surface area (Å²) in [6.07, 6.45) is 0. The molecule has 5 nitrogen and oxygen atoms in total. The first kappa shape index (κ1) is 12.9. The third-order valence-corrected chi connectivity index (χ3v) is 2.64. The molecule has 0 spiro atoms. The molecule has 2 rings (SSSR count). The molecule has 2 aromatic rings. The van der Waals surface area contributed by atoms with E-state index in [4.69, 9.17) is 14.6 Å². The smallest absolute Gasteiger partial charge is 0.336 e. The fourth-order valence-corrected chi connectivity index (χ4v) is 1.64. The van der Waals surface area contributed by atoms with Crippen molar-refractivity contribution in [2.24, 2.45) is 0 Å². The highest BCUT2D eigenvalue weighted by molar-refractivity contribution is 5.90. The average molecular weight is 259 g/mol. The Kier molecular flexibility index (Phi) is 3.66. The Morgan fingerprint density at radius 3 is 2.53 bits per heavy atom. The second kappa shape index (κ2) is 5.39. The molecular formula is C14H13NO4. The van der Waals surface area contributed by atoms with E-state index in [2.05, 4.69) is 4.98 Å². The zero-order chi connectivity index (χ0) is 13.8. The van der Waals surface area contributed by atoms with E-state index in [0.29, 0.717) is 23.1 Å². The molecule has 1 aromatic heterocycles. The summed E-state index contributed by atoms with van der Waals surface area (Å²) in [5, 5.41) is 9.05. The summed E-state index contributed by atoms with van der Waals surface area (Å²) in [7, 11) is 1.52. The number of hydrogen-bond donors (Lipinski definition) is 1. The number of carboxylic acids is 1. The summed E-state index contributed by atoms with van der Waals surface area (Å²) >= 11 is 0. The largest absolute Gasteiger partial charge is 0.481 e. The molecule has 0 fully saturated rings. The van der Waals surface area contributed by atoms with Gasteiger partial charge in [-0.2, -0.15) is 4.98 Å². The maximum atomic E-state index is 11.0. The predicted octanol–water partition coefficient (Wildman–Crippen LogP) is 2.89. The molecule has 0 radical (unpaired) electrons.